The fourth-order valence-corrected chi connectivity index (χ4v) is 5.77. The minimum atomic E-state index is -3.38. The molecule has 2 aromatic carbocycles. The van der Waals surface area contributed by atoms with Crippen molar-refractivity contribution >= 4 is 21.7 Å². The zero-order valence-corrected chi connectivity index (χ0v) is 24.7. The summed E-state index contributed by atoms with van der Waals surface area (Å²) in [5, 5.41) is 12.1. The van der Waals surface area contributed by atoms with Gasteiger partial charge < -0.3 is 19.9 Å². The average Bonchev–Trinajstić information content (AvgIpc) is 2.92. The summed E-state index contributed by atoms with van der Waals surface area (Å²) in [7, 11) is -3.38. The molecule has 40 heavy (non-hydrogen) atoms. The van der Waals surface area contributed by atoms with Crippen molar-refractivity contribution in [3.05, 3.63) is 59.2 Å². The first-order valence-electron chi connectivity index (χ1n) is 14.2. The van der Waals surface area contributed by atoms with E-state index in [2.05, 4.69) is 5.32 Å². The van der Waals surface area contributed by atoms with E-state index in [1.54, 1.807) is 6.07 Å². The number of rotatable bonds is 15. The van der Waals surface area contributed by atoms with Crippen molar-refractivity contribution in [3.63, 3.8) is 0 Å². The zero-order chi connectivity index (χ0) is 29.1. The minimum absolute atomic E-state index is 0.0147. The monoisotopic (exact) mass is 573 g/mol. The SMILES string of the molecule is CCOCC(CCc1ccc(C(=O)N[C@@H](CCS(C)(=O)=O)C(=O)O)c(-c2ccccc2C)c1)OC1CCCCC1. The fourth-order valence-electron chi connectivity index (χ4n) is 5.11. The molecule has 220 valence electrons. The van der Waals surface area contributed by atoms with Crippen molar-refractivity contribution < 1.29 is 32.6 Å². The van der Waals surface area contributed by atoms with E-state index in [1.807, 2.05) is 50.2 Å². The molecule has 0 saturated heterocycles. The van der Waals surface area contributed by atoms with Crippen LogP contribution < -0.4 is 5.32 Å². The Kier molecular flexibility index (Phi) is 12.2. The first kappa shape index (κ1) is 31.8. The second kappa shape index (κ2) is 15.3. The van der Waals surface area contributed by atoms with Gasteiger partial charge in [0, 0.05) is 18.4 Å². The van der Waals surface area contributed by atoms with Crippen LogP contribution in [0.3, 0.4) is 0 Å². The summed E-state index contributed by atoms with van der Waals surface area (Å²) in [6, 6.07) is 12.0. The number of sulfone groups is 1. The predicted molar refractivity (Wildman–Crippen MR) is 156 cm³/mol. The molecule has 2 N–H and O–H groups in total. The minimum Gasteiger partial charge on any atom is -0.480 e. The van der Waals surface area contributed by atoms with Crippen LogP contribution in [-0.4, -0.2) is 68.9 Å². The van der Waals surface area contributed by atoms with Crippen LogP contribution in [0.5, 0.6) is 0 Å². The van der Waals surface area contributed by atoms with Gasteiger partial charge in [0.25, 0.3) is 5.91 Å². The van der Waals surface area contributed by atoms with E-state index >= 15 is 0 Å². The lowest BCUT2D eigenvalue weighted by Crippen LogP contribution is -2.42. The maximum atomic E-state index is 13.3. The normalized spacial score (nSPS) is 15.9. The molecule has 1 fully saturated rings. The number of aryl methyl sites for hydroxylation is 2. The summed E-state index contributed by atoms with van der Waals surface area (Å²) in [5.41, 5.74) is 3.94. The number of hydrogen-bond acceptors (Lipinski definition) is 6. The van der Waals surface area contributed by atoms with Gasteiger partial charge in [0.05, 0.1) is 24.6 Å². The van der Waals surface area contributed by atoms with Gasteiger partial charge in [-0.2, -0.15) is 0 Å². The summed E-state index contributed by atoms with van der Waals surface area (Å²) < 4.78 is 35.3. The fraction of sp³-hybridized carbons (Fsp3) is 0.548. The first-order chi connectivity index (χ1) is 19.1. The molecule has 1 aliphatic rings. The van der Waals surface area contributed by atoms with Crippen LogP contribution in [0.25, 0.3) is 11.1 Å². The first-order valence-corrected chi connectivity index (χ1v) is 16.3. The maximum absolute atomic E-state index is 13.3. The van der Waals surface area contributed by atoms with Crippen LogP contribution in [0.15, 0.2) is 42.5 Å². The Morgan fingerprint density at radius 1 is 1.05 bits per heavy atom. The molecule has 0 spiro atoms. The van der Waals surface area contributed by atoms with Gasteiger partial charge in [0.15, 0.2) is 0 Å². The standard InChI is InChI=1S/C31H43NO7S/c1-4-38-21-25(39-24-11-6-5-7-12-24)16-14-23-15-17-27(28(20-23)26-13-9-8-10-22(26)2)30(33)32-29(31(34)35)18-19-40(3,36)37/h8-10,13,15,17,20,24-25,29H,4-7,11-12,14,16,18-19,21H2,1-3H3,(H,32,33)(H,34,35)/t25?,29-/m0/s1. The van der Waals surface area contributed by atoms with Crippen molar-refractivity contribution in [3.8, 4) is 11.1 Å². The van der Waals surface area contributed by atoms with Crippen molar-refractivity contribution in [2.75, 3.05) is 25.2 Å². The highest BCUT2D eigenvalue weighted by Crippen LogP contribution is 2.29. The van der Waals surface area contributed by atoms with Gasteiger partial charge in [-0.05, 0) is 74.3 Å². The quantitative estimate of drug-likeness (QED) is 0.309. The molecule has 8 nitrogen and oxygen atoms in total. The summed E-state index contributed by atoms with van der Waals surface area (Å²) in [6.45, 7) is 5.12. The van der Waals surface area contributed by atoms with Crippen LogP contribution in [0, 0.1) is 6.92 Å². The number of carbonyl (C=O) groups excluding carboxylic acids is 1. The van der Waals surface area contributed by atoms with Gasteiger partial charge in [0.2, 0.25) is 0 Å². The Morgan fingerprint density at radius 2 is 1.77 bits per heavy atom. The third kappa shape index (κ3) is 10.0. The molecule has 2 atom stereocenters. The second-order valence-electron chi connectivity index (χ2n) is 10.7. The molecule has 0 aliphatic heterocycles. The van der Waals surface area contributed by atoms with Crippen LogP contribution in [0.1, 0.15) is 73.4 Å². The molecule has 1 unspecified atom stereocenters. The number of carboxylic acids is 1. The highest BCUT2D eigenvalue weighted by molar-refractivity contribution is 7.90. The van der Waals surface area contributed by atoms with E-state index < -0.39 is 27.8 Å². The molecular formula is C31H43NO7S. The Morgan fingerprint density at radius 3 is 2.42 bits per heavy atom. The average molecular weight is 574 g/mol. The molecule has 2 aromatic rings. The third-order valence-electron chi connectivity index (χ3n) is 7.34. The molecule has 0 bridgehead atoms. The van der Waals surface area contributed by atoms with Crippen molar-refractivity contribution in [2.24, 2.45) is 0 Å². The second-order valence-corrected chi connectivity index (χ2v) is 13.0. The summed E-state index contributed by atoms with van der Waals surface area (Å²) in [5.74, 6) is -2.16. The van der Waals surface area contributed by atoms with Gasteiger partial charge in [-0.15, -0.1) is 0 Å². The molecule has 9 heteroatoms. The highest BCUT2D eigenvalue weighted by Gasteiger charge is 2.25. The van der Waals surface area contributed by atoms with E-state index in [0.29, 0.717) is 24.3 Å². The van der Waals surface area contributed by atoms with E-state index in [4.69, 9.17) is 9.47 Å². The predicted octanol–water partition coefficient (Wildman–Crippen LogP) is 4.97. The summed E-state index contributed by atoms with van der Waals surface area (Å²) >= 11 is 0. The largest absolute Gasteiger partial charge is 0.480 e. The lowest BCUT2D eigenvalue weighted by atomic mass is 9.92. The number of carboxylic acid groups (broad SMARTS) is 1. The van der Waals surface area contributed by atoms with E-state index in [1.165, 1.54) is 19.3 Å². The topological polar surface area (TPSA) is 119 Å². The van der Waals surface area contributed by atoms with Crippen molar-refractivity contribution in [1.29, 1.82) is 0 Å². The number of hydrogen-bond donors (Lipinski definition) is 2. The number of aliphatic carboxylic acids is 1. The molecule has 1 saturated carbocycles. The maximum Gasteiger partial charge on any atom is 0.326 e. The molecule has 0 aromatic heterocycles. The summed E-state index contributed by atoms with van der Waals surface area (Å²) in [4.78, 5) is 25.1. The molecule has 1 aliphatic carbocycles. The Labute approximate surface area is 238 Å². The zero-order valence-electron chi connectivity index (χ0n) is 23.9. The van der Waals surface area contributed by atoms with Crippen LogP contribution in [-0.2, 0) is 30.5 Å². The smallest absolute Gasteiger partial charge is 0.326 e. The van der Waals surface area contributed by atoms with Crippen molar-refractivity contribution in [1.82, 2.24) is 5.32 Å². The highest BCUT2D eigenvalue weighted by atomic mass is 32.2. The van der Waals surface area contributed by atoms with Gasteiger partial charge in [-0.1, -0.05) is 55.7 Å². The Bertz CT molecular complexity index is 1240. The van der Waals surface area contributed by atoms with Gasteiger partial charge in [-0.3, -0.25) is 4.79 Å². The molecular weight excluding hydrogens is 530 g/mol. The lowest BCUT2D eigenvalue weighted by Gasteiger charge is -2.27. The van der Waals surface area contributed by atoms with Crippen LogP contribution >= 0.6 is 0 Å². The van der Waals surface area contributed by atoms with E-state index in [9.17, 15) is 23.1 Å². The number of benzene rings is 2. The molecule has 3 rings (SSSR count). The number of amides is 1. The van der Waals surface area contributed by atoms with E-state index in [0.717, 1.165) is 48.6 Å². The van der Waals surface area contributed by atoms with E-state index in [-0.39, 0.29) is 24.4 Å². The van der Waals surface area contributed by atoms with Crippen LogP contribution in [0.2, 0.25) is 0 Å². The lowest BCUT2D eigenvalue weighted by molar-refractivity contribution is -0.139. The number of nitrogens with one attached hydrogen (secondary N) is 1. The molecule has 1 amide bonds. The Balaban J connectivity index is 1.83. The Hall–Kier alpha value is -2.75. The van der Waals surface area contributed by atoms with Gasteiger partial charge in [-0.25, -0.2) is 13.2 Å². The molecule has 0 radical (unpaired) electrons. The number of carbonyl (C=O) groups is 2. The van der Waals surface area contributed by atoms with Crippen molar-refractivity contribution in [2.45, 2.75) is 83.5 Å². The van der Waals surface area contributed by atoms with Crippen LogP contribution in [0.4, 0.5) is 0 Å². The number of ether oxygens (including phenoxy) is 2. The third-order valence-corrected chi connectivity index (χ3v) is 8.32. The summed E-state index contributed by atoms with van der Waals surface area (Å²) in [6.07, 6.45) is 8.45. The van der Waals surface area contributed by atoms with Gasteiger partial charge >= 0.3 is 5.97 Å². The molecule has 0 heterocycles. The van der Waals surface area contributed by atoms with Gasteiger partial charge in [0.1, 0.15) is 15.9 Å².